The van der Waals surface area contributed by atoms with E-state index in [4.69, 9.17) is 0 Å². The highest BCUT2D eigenvalue weighted by atomic mass is 16.2. The first-order chi connectivity index (χ1) is 16.5. The third kappa shape index (κ3) is 6.29. The molecule has 0 saturated heterocycles. The van der Waals surface area contributed by atoms with Crippen LogP contribution in [0, 0.1) is 23.2 Å². The Bertz CT molecular complexity index is 760. The summed E-state index contributed by atoms with van der Waals surface area (Å²) in [4.78, 5) is 15.3. The highest BCUT2D eigenvalue weighted by Crippen LogP contribution is 2.51. The minimum Gasteiger partial charge on any atom is -0.378 e. The van der Waals surface area contributed by atoms with Gasteiger partial charge in [0.25, 0.3) is 0 Å². The third-order valence-electron chi connectivity index (χ3n) is 9.69. The number of benzene rings is 1. The molecular weight excluding hydrogens is 418 g/mol. The molecular formula is C30H49N3O. The monoisotopic (exact) mass is 467 g/mol. The second-order valence-electron chi connectivity index (χ2n) is 12.1. The average molecular weight is 468 g/mol. The van der Waals surface area contributed by atoms with Crippen LogP contribution in [0.25, 0.3) is 0 Å². The van der Waals surface area contributed by atoms with E-state index in [1.807, 2.05) is 26.2 Å². The second-order valence-corrected chi connectivity index (χ2v) is 12.1. The first-order valence-corrected chi connectivity index (χ1v) is 14.3. The third-order valence-corrected chi connectivity index (χ3v) is 9.69. The maximum Gasteiger partial charge on any atom is 0.319 e. The first kappa shape index (κ1) is 25.4. The lowest BCUT2D eigenvalue weighted by molar-refractivity contribution is 0.0267. The molecule has 1 aromatic rings. The smallest absolute Gasteiger partial charge is 0.319 e. The highest BCUT2D eigenvalue weighted by molar-refractivity contribution is 5.89. The molecule has 0 radical (unpaired) electrons. The molecule has 1 aromatic carbocycles. The zero-order valence-corrected chi connectivity index (χ0v) is 22.1. The van der Waals surface area contributed by atoms with Crippen molar-refractivity contribution in [3.05, 3.63) is 24.3 Å². The van der Waals surface area contributed by atoms with Crippen molar-refractivity contribution >= 4 is 17.4 Å². The summed E-state index contributed by atoms with van der Waals surface area (Å²) in [6.07, 6.45) is 20.5. The highest BCUT2D eigenvalue weighted by Gasteiger charge is 2.46. The van der Waals surface area contributed by atoms with Gasteiger partial charge in [-0.2, -0.15) is 0 Å². The zero-order chi connectivity index (χ0) is 24.0. The largest absolute Gasteiger partial charge is 0.378 e. The van der Waals surface area contributed by atoms with Crippen LogP contribution in [-0.4, -0.2) is 26.2 Å². The molecule has 3 fully saturated rings. The van der Waals surface area contributed by atoms with Crippen molar-refractivity contribution in [3.8, 4) is 0 Å². The normalized spacial score (nSPS) is 29.6. The zero-order valence-electron chi connectivity index (χ0n) is 22.1. The van der Waals surface area contributed by atoms with E-state index >= 15 is 0 Å². The summed E-state index contributed by atoms with van der Waals surface area (Å²) in [5.41, 5.74) is 2.23. The number of hydrogen-bond acceptors (Lipinski definition) is 2. The molecule has 34 heavy (non-hydrogen) atoms. The Morgan fingerprint density at radius 2 is 1.41 bits per heavy atom. The maximum atomic E-state index is 13.2. The minimum atomic E-state index is -0.0241. The van der Waals surface area contributed by atoms with Crippen LogP contribution in [-0.2, 0) is 0 Å². The number of nitrogens with one attached hydrogen (secondary N) is 2. The topological polar surface area (TPSA) is 44.4 Å². The van der Waals surface area contributed by atoms with Gasteiger partial charge in [-0.1, -0.05) is 71.1 Å². The standard InChI is InChI=1S/C30H49N3O/c1-30(25-14-10-6-7-11-15-25)21-20-24(23-12-8-4-5-9-13-23)22-28(30)32-29(34)31-26-16-18-27(19-17-26)33(2)3/h16-19,23-25,28H,4-15,20-22H2,1-3H3,(H2,31,32,34)/t24-,28-,30?/m0/s1. The van der Waals surface area contributed by atoms with Gasteiger partial charge in [0.2, 0.25) is 0 Å². The van der Waals surface area contributed by atoms with Crippen LogP contribution in [0.2, 0.25) is 0 Å². The lowest BCUT2D eigenvalue weighted by atomic mass is 9.58. The number of amides is 2. The first-order valence-electron chi connectivity index (χ1n) is 14.3. The number of nitrogens with zero attached hydrogens (tertiary/aromatic N) is 1. The molecule has 2 N–H and O–H groups in total. The van der Waals surface area contributed by atoms with Gasteiger partial charge in [0.1, 0.15) is 0 Å². The number of carbonyl (C=O) groups excluding carboxylic acids is 1. The fourth-order valence-corrected chi connectivity index (χ4v) is 7.39. The van der Waals surface area contributed by atoms with Gasteiger partial charge in [-0.25, -0.2) is 4.79 Å². The number of hydrogen-bond donors (Lipinski definition) is 2. The van der Waals surface area contributed by atoms with E-state index in [0.29, 0.717) is 0 Å². The van der Waals surface area contributed by atoms with Gasteiger partial charge in [0.15, 0.2) is 0 Å². The van der Waals surface area contributed by atoms with E-state index < -0.39 is 0 Å². The minimum absolute atomic E-state index is 0.0241. The summed E-state index contributed by atoms with van der Waals surface area (Å²) >= 11 is 0. The molecule has 4 nitrogen and oxygen atoms in total. The summed E-state index contributed by atoms with van der Waals surface area (Å²) in [6, 6.07) is 8.40. The SMILES string of the molecule is CN(C)c1ccc(NC(=O)N[C@H]2C[C@@H](C3CCCCCC3)CCC2(C)C2CCCCCC2)cc1. The Morgan fingerprint density at radius 3 is 2.00 bits per heavy atom. The number of carbonyl (C=O) groups is 1. The van der Waals surface area contributed by atoms with Gasteiger partial charge in [-0.05, 0) is 79.5 Å². The predicted molar refractivity (Wildman–Crippen MR) is 145 cm³/mol. The summed E-state index contributed by atoms with van der Waals surface area (Å²) < 4.78 is 0. The maximum absolute atomic E-state index is 13.2. The predicted octanol–water partition coefficient (Wildman–Crippen LogP) is 7.99. The summed E-state index contributed by atoms with van der Waals surface area (Å²) in [7, 11) is 4.08. The number of anilines is 2. The van der Waals surface area contributed by atoms with Gasteiger partial charge in [-0.15, -0.1) is 0 Å². The Labute approximate surface area is 208 Å². The summed E-state index contributed by atoms with van der Waals surface area (Å²) in [5.74, 6) is 2.39. The van der Waals surface area contributed by atoms with Gasteiger partial charge in [0.05, 0.1) is 0 Å². The van der Waals surface area contributed by atoms with Crippen LogP contribution in [0.3, 0.4) is 0 Å². The second kappa shape index (κ2) is 11.8. The van der Waals surface area contributed by atoms with Crippen LogP contribution < -0.4 is 15.5 Å². The molecule has 0 heterocycles. The van der Waals surface area contributed by atoms with Gasteiger partial charge in [-0.3, -0.25) is 0 Å². The molecule has 4 rings (SSSR count). The molecule has 4 heteroatoms. The molecule has 3 saturated carbocycles. The molecule has 1 unspecified atom stereocenters. The molecule has 0 aromatic heterocycles. The molecule has 3 aliphatic carbocycles. The Kier molecular flexibility index (Phi) is 8.82. The molecule has 2 amide bonds. The van der Waals surface area contributed by atoms with E-state index in [2.05, 4.69) is 34.6 Å². The van der Waals surface area contributed by atoms with Crippen molar-refractivity contribution in [2.45, 2.75) is 109 Å². The van der Waals surface area contributed by atoms with Crippen LogP contribution >= 0.6 is 0 Å². The Morgan fingerprint density at radius 1 is 0.824 bits per heavy atom. The average Bonchev–Trinajstić information content (AvgIpc) is 3.27. The Hall–Kier alpha value is -1.71. The quantitative estimate of drug-likeness (QED) is 0.431. The van der Waals surface area contributed by atoms with Crippen LogP contribution in [0.4, 0.5) is 16.2 Å². The molecule has 0 spiro atoms. The van der Waals surface area contributed by atoms with E-state index in [-0.39, 0.29) is 17.5 Å². The van der Waals surface area contributed by atoms with Crippen LogP contribution in [0.5, 0.6) is 0 Å². The summed E-state index contributed by atoms with van der Waals surface area (Å²) in [6.45, 7) is 2.52. The van der Waals surface area contributed by atoms with Crippen molar-refractivity contribution < 1.29 is 4.79 Å². The molecule has 190 valence electrons. The van der Waals surface area contributed by atoms with E-state index in [1.165, 1.54) is 96.3 Å². The van der Waals surface area contributed by atoms with Gasteiger partial charge >= 0.3 is 6.03 Å². The van der Waals surface area contributed by atoms with Crippen molar-refractivity contribution in [1.82, 2.24) is 5.32 Å². The van der Waals surface area contributed by atoms with Gasteiger partial charge in [0, 0.05) is 31.5 Å². The molecule has 3 atom stereocenters. The number of urea groups is 1. The molecule has 0 bridgehead atoms. The van der Waals surface area contributed by atoms with E-state index in [9.17, 15) is 4.79 Å². The van der Waals surface area contributed by atoms with E-state index in [0.717, 1.165) is 29.1 Å². The van der Waals surface area contributed by atoms with Crippen molar-refractivity contribution in [2.75, 3.05) is 24.3 Å². The van der Waals surface area contributed by atoms with Crippen LogP contribution in [0.15, 0.2) is 24.3 Å². The summed E-state index contributed by atoms with van der Waals surface area (Å²) in [5, 5.41) is 6.68. The van der Waals surface area contributed by atoms with Gasteiger partial charge < -0.3 is 15.5 Å². The lowest BCUT2D eigenvalue weighted by Gasteiger charge is -2.50. The van der Waals surface area contributed by atoms with Crippen LogP contribution in [0.1, 0.15) is 103 Å². The number of rotatable bonds is 5. The fraction of sp³-hybridized carbons (Fsp3) is 0.767. The fourth-order valence-electron chi connectivity index (χ4n) is 7.39. The van der Waals surface area contributed by atoms with E-state index in [1.54, 1.807) is 0 Å². The van der Waals surface area contributed by atoms with Crippen molar-refractivity contribution in [3.63, 3.8) is 0 Å². The molecule has 3 aliphatic rings. The van der Waals surface area contributed by atoms with Crippen molar-refractivity contribution in [1.29, 1.82) is 0 Å². The molecule has 0 aliphatic heterocycles. The lowest BCUT2D eigenvalue weighted by Crippen LogP contribution is -2.54. The van der Waals surface area contributed by atoms with Crippen molar-refractivity contribution in [2.24, 2.45) is 23.2 Å². The Balaban J connectivity index is 1.47.